The Morgan fingerprint density at radius 2 is 2.22 bits per heavy atom. The lowest BCUT2D eigenvalue weighted by atomic mass is 10.3. The Morgan fingerprint density at radius 3 is 2.78 bits per heavy atom. The number of hydrogen-bond donors (Lipinski definition) is 1. The molecule has 1 fully saturated rings. The summed E-state index contributed by atoms with van der Waals surface area (Å²) in [6.45, 7) is 1.53. The molecule has 0 aromatic heterocycles. The molecule has 0 bridgehead atoms. The van der Waals surface area contributed by atoms with Gasteiger partial charge >= 0.3 is 0 Å². The second-order valence-corrected chi connectivity index (χ2v) is 7.53. The molecule has 100 valence electrons. The number of halogens is 2. The van der Waals surface area contributed by atoms with E-state index in [0.717, 1.165) is 17.4 Å². The van der Waals surface area contributed by atoms with Crippen LogP contribution in [0.3, 0.4) is 0 Å². The molecule has 1 N–H and O–H groups in total. The molecule has 0 unspecified atom stereocenters. The third-order valence-corrected chi connectivity index (χ3v) is 5.99. The fourth-order valence-corrected chi connectivity index (χ4v) is 4.38. The summed E-state index contributed by atoms with van der Waals surface area (Å²) in [5.41, 5.74) is 0. The molecule has 1 heterocycles. The summed E-state index contributed by atoms with van der Waals surface area (Å²) in [7, 11) is -1.93. The number of benzene rings is 1. The van der Waals surface area contributed by atoms with Gasteiger partial charge in [0, 0.05) is 24.1 Å². The number of nitrogens with zero attached hydrogens (tertiary/aromatic N) is 1. The van der Waals surface area contributed by atoms with Crippen molar-refractivity contribution in [2.24, 2.45) is 0 Å². The molecule has 1 atom stereocenters. The molecule has 0 saturated carbocycles. The van der Waals surface area contributed by atoms with Crippen LogP contribution in [0, 0.1) is 0 Å². The zero-order valence-electron chi connectivity index (χ0n) is 9.86. The number of likely N-dealkylation sites (N-methyl/N-ethyl adjacent to an activating group) is 1. The van der Waals surface area contributed by atoms with E-state index in [1.165, 1.54) is 10.4 Å². The summed E-state index contributed by atoms with van der Waals surface area (Å²) in [6.07, 6.45) is 0.823. The first-order chi connectivity index (χ1) is 8.43. The highest BCUT2D eigenvalue weighted by molar-refractivity contribution is 9.10. The molecule has 2 rings (SSSR count). The molecule has 1 saturated heterocycles. The van der Waals surface area contributed by atoms with E-state index in [-0.39, 0.29) is 16.0 Å². The second kappa shape index (κ2) is 5.46. The van der Waals surface area contributed by atoms with Crippen molar-refractivity contribution >= 4 is 37.6 Å². The lowest BCUT2D eigenvalue weighted by molar-refractivity contribution is 0.388. The van der Waals surface area contributed by atoms with Gasteiger partial charge in [-0.05, 0) is 31.2 Å². The Bertz CT molecular complexity index is 544. The van der Waals surface area contributed by atoms with Gasteiger partial charge in [0.25, 0.3) is 0 Å². The lowest BCUT2D eigenvalue weighted by Gasteiger charge is -2.23. The highest BCUT2D eigenvalue weighted by atomic mass is 79.9. The van der Waals surface area contributed by atoms with Crippen LogP contribution in [0.5, 0.6) is 0 Å². The topological polar surface area (TPSA) is 49.4 Å². The highest BCUT2D eigenvalue weighted by Crippen LogP contribution is 2.28. The first kappa shape index (κ1) is 14.3. The Morgan fingerprint density at radius 1 is 1.50 bits per heavy atom. The van der Waals surface area contributed by atoms with Gasteiger partial charge in [0.15, 0.2) is 0 Å². The van der Waals surface area contributed by atoms with Crippen LogP contribution in [0.1, 0.15) is 6.42 Å². The van der Waals surface area contributed by atoms with E-state index in [9.17, 15) is 8.42 Å². The molecule has 1 aromatic rings. The van der Waals surface area contributed by atoms with Crippen LogP contribution in [0.2, 0.25) is 5.02 Å². The minimum absolute atomic E-state index is 0.00489. The predicted molar refractivity (Wildman–Crippen MR) is 75.4 cm³/mol. The van der Waals surface area contributed by atoms with Crippen LogP contribution in [0.4, 0.5) is 0 Å². The maximum Gasteiger partial charge on any atom is 0.244 e. The molecule has 1 aromatic carbocycles. The molecule has 0 spiro atoms. The number of hydrogen-bond acceptors (Lipinski definition) is 3. The van der Waals surface area contributed by atoms with E-state index in [2.05, 4.69) is 21.2 Å². The molecular formula is C11H14BrClN2O2S. The number of rotatable bonds is 3. The lowest BCUT2D eigenvalue weighted by Crippen LogP contribution is -2.38. The predicted octanol–water partition coefficient (Wildman–Crippen LogP) is 2.08. The van der Waals surface area contributed by atoms with E-state index in [1.807, 2.05) is 0 Å². The van der Waals surface area contributed by atoms with Crippen LogP contribution in [0.15, 0.2) is 27.6 Å². The van der Waals surface area contributed by atoms with Crippen molar-refractivity contribution in [1.29, 1.82) is 0 Å². The van der Waals surface area contributed by atoms with Crippen LogP contribution in [-0.2, 0) is 10.0 Å². The summed E-state index contributed by atoms with van der Waals surface area (Å²) >= 11 is 9.28. The Labute approximate surface area is 120 Å². The van der Waals surface area contributed by atoms with Gasteiger partial charge in [-0.25, -0.2) is 8.42 Å². The quantitative estimate of drug-likeness (QED) is 0.905. The molecular weight excluding hydrogens is 340 g/mol. The monoisotopic (exact) mass is 352 g/mol. The molecule has 4 nitrogen and oxygen atoms in total. The SMILES string of the molecule is CN([C@H]1CCNC1)S(=O)(=O)c1ccc(Br)cc1Cl. The van der Waals surface area contributed by atoms with Crippen molar-refractivity contribution in [3.05, 3.63) is 27.7 Å². The van der Waals surface area contributed by atoms with Gasteiger partial charge in [-0.2, -0.15) is 4.31 Å². The summed E-state index contributed by atoms with van der Waals surface area (Å²) in [5.74, 6) is 0. The number of nitrogens with one attached hydrogen (secondary N) is 1. The Hall–Kier alpha value is -0.140. The number of sulfonamides is 1. The molecule has 0 amide bonds. The van der Waals surface area contributed by atoms with Crippen molar-refractivity contribution in [3.63, 3.8) is 0 Å². The van der Waals surface area contributed by atoms with Crippen LogP contribution < -0.4 is 5.32 Å². The minimum Gasteiger partial charge on any atom is -0.315 e. The van der Waals surface area contributed by atoms with Gasteiger partial charge in [0.1, 0.15) is 4.90 Å². The van der Waals surface area contributed by atoms with Crippen molar-refractivity contribution in [1.82, 2.24) is 9.62 Å². The Kier molecular flexibility index (Phi) is 4.33. The first-order valence-electron chi connectivity index (χ1n) is 5.57. The molecule has 0 radical (unpaired) electrons. The fourth-order valence-electron chi connectivity index (χ4n) is 1.99. The summed E-state index contributed by atoms with van der Waals surface area (Å²) < 4.78 is 27.1. The zero-order valence-corrected chi connectivity index (χ0v) is 13.0. The smallest absolute Gasteiger partial charge is 0.244 e. The van der Waals surface area contributed by atoms with Crippen molar-refractivity contribution in [2.75, 3.05) is 20.1 Å². The largest absolute Gasteiger partial charge is 0.315 e. The Balaban J connectivity index is 2.35. The van der Waals surface area contributed by atoms with E-state index >= 15 is 0 Å². The third-order valence-electron chi connectivity index (χ3n) is 3.10. The van der Waals surface area contributed by atoms with Crippen molar-refractivity contribution in [3.8, 4) is 0 Å². The van der Waals surface area contributed by atoms with Gasteiger partial charge in [0.2, 0.25) is 10.0 Å². The van der Waals surface area contributed by atoms with Gasteiger partial charge < -0.3 is 5.32 Å². The van der Waals surface area contributed by atoms with Crippen LogP contribution >= 0.6 is 27.5 Å². The van der Waals surface area contributed by atoms with E-state index in [0.29, 0.717) is 6.54 Å². The van der Waals surface area contributed by atoms with E-state index < -0.39 is 10.0 Å². The minimum atomic E-state index is -3.53. The standard InChI is InChI=1S/C11H14BrClN2O2S/c1-15(9-4-5-14-7-9)18(16,17)11-3-2-8(12)6-10(11)13/h2-3,6,9,14H,4-5,7H2,1H3/t9-/m0/s1. The normalized spacial score (nSPS) is 20.6. The van der Waals surface area contributed by atoms with Gasteiger partial charge in [0.05, 0.1) is 5.02 Å². The molecule has 1 aliphatic rings. The van der Waals surface area contributed by atoms with Crippen molar-refractivity contribution < 1.29 is 8.42 Å². The molecule has 0 aliphatic carbocycles. The van der Waals surface area contributed by atoms with E-state index in [4.69, 9.17) is 11.6 Å². The maximum atomic E-state index is 12.4. The maximum absolute atomic E-state index is 12.4. The zero-order chi connectivity index (χ0) is 13.3. The third kappa shape index (κ3) is 2.72. The van der Waals surface area contributed by atoms with Crippen LogP contribution in [-0.4, -0.2) is 38.9 Å². The summed E-state index contributed by atoms with van der Waals surface area (Å²) in [4.78, 5) is 0.154. The molecule has 7 heteroatoms. The van der Waals surface area contributed by atoms with Gasteiger partial charge in [-0.15, -0.1) is 0 Å². The van der Waals surface area contributed by atoms with E-state index in [1.54, 1.807) is 19.2 Å². The highest BCUT2D eigenvalue weighted by Gasteiger charge is 2.31. The molecule has 1 aliphatic heterocycles. The average Bonchev–Trinajstić information content (AvgIpc) is 2.80. The second-order valence-electron chi connectivity index (χ2n) is 4.24. The molecule has 18 heavy (non-hydrogen) atoms. The summed E-state index contributed by atoms with van der Waals surface area (Å²) in [6, 6.07) is 4.80. The fraction of sp³-hybridized carbons (Fsp3) is 0.455. The van der Waals surface area contributed by atoms with Crippen molar-refractivity contribution in [2.45, 2.75) is 17.4 Å². The van der Waals surface area contributed by atoms with Crippen LogP contribution in [0.25, 0.3) is 0 Å². The van der Waals surface area contributed by atoms with Gasteiger partial charge in [-0.1, -0.05) is 27.5 Å². The first-order valence-corrected chi connectivity index (χ1v) is 8.18. The van der Waals surface area contributed by atoms with Gasteiger partial charge in [-0.3, -0.25) is 0 Å². The summed E-state index contributed by atoms with van der Waals surface area (Å²) in [5, 5.41) is 3.39. The average molecular weight is 354 g/mol.